The lowest BCUT2D eigenvalue weighted by atomic mass is 10.2. The first kappa shape index (κ1) is 14.3. The monoisotopic (exact) mass is 283 g/mol. The molecule has 2 aliphatic heterocycles. The third-order valence-electron chi connectivity index (χ3n) is 4.56. The van der Waals surface area contributed by atoms with Crippen molar-refractivity contribution in [2.45, 2.75) is 37.4 Å². The van der Waals surface area contributed by atoms with Crippen molar-refractivity contribution in [3.8, 4) is 0 Å². The van der Waals surface area contributed by atoms with Crippen molar-refractivity contribution < 1.29 is 14.6 Å². The number of hydrogen-bond acceptors (Lipinski definition) is 5. The van der Waals surface area contributed by atoms with Crippen LogP contribution in [0.4, 0.5) is 0 Å². The van der Waals surface area contributed by atoms with Crippen LogP contribution in [-0.4, -0.2) is 84.9 Å². The first-order chi connectivity index (χ1) is 9.72. The molecule has 2 unspecified atom stereocenters. The largest absolute Gasteiger partial charge is 0.480 e. The van der Waals surface area contributed by atoms with Crippen LogP contribution in [0.5, 0.6) is 0 Å². The van der Waals surface area contributed by atoms with Gasteiger partial charge in [0.15, 0.2) is 0 Å². The summed E-state index contributed by atoms with van der Waals surface area (Å²) in [6.45, 7) is 6.33. The van der Waals surface area contributed by atoms with Gasteiger partial charge < -0.3 is 15.2 Å². The van der Waals surface area contributed by atoms with Gasteiger partial charge in [-0.15, -0.1) is 0 Å². The molecule has 0 amide bonds. The molecule has 0 spiro atoms. The quantitative estimate of drug-likeness (QED) is 0.691. The Morgan fingerprint density at radius 3 is 2.65 bits per heavy atom. The van der Waals surface area contributed by atoms with Gasteiger partial charge in [-0.1, -0.05) is 0 Å². The third kappa shape index (κ3) is 3.69. The molecule has 0 aromatic carbocycles. The van der Waals surface area contributed by atoms with E-state index in [2.05, 4.69) is 15.1 Å². The molecule has 3 aliphatic rings. The van der Waals surface area contributed by atoms with Crippen LogP contribution in [0.1, 0.15) is 19.3 Å². The maximum absolute atomic E-state index is 11.3. The maximum atomic E-state index is 11.3. The van der Waals surface area contributed by atoms with E-state index in [0.717, 1.165) is 58.7 Å². The second kappa shape index (κ2) is 6.39. The van der Waals surface area contributed by atoms with Gasteiger partial charge in [0.1, 0.15) is 6.04 Å². The SMILES string of the molecule is O=C(O)C(CN1CCC(N2CCOCC2)C1)NC1CC1. The average molecular weight is 283 g/mol. The summed E-state index contributed by atoms with van der Waals surface area (Å²) in [4.78, 5) is 16.1. The summed E-state index contributed by atoms with van der Waals surface area (Å²) >= 11 is 0. The predicted molar refractivity (Wildman–Crippen MR) is 74.8 cm³/mol. The van der Waals surface area contributed by atoms with Gasteiger partial charge in [-0.25, -0.2) is 0 Å². The molecule has 6 heteroatoms. The minimum absolute atomic E-state index is 0.411. The van der Waals surface area contributed by atoms with Gasteiger partial charge in [0.2, 0.25) is 0 Å². The summed E-state index contributed by atoms with van der Waals surface area (Å²) in [5, 5.41) is 12.5. The normalized spacial score (nSPS) is 30.5. The van der Waals surface area contributed by atoms with E-state index in [1.807, 2.05) is 0 Å². The number of carboxylic acid groups (broad SMARTS) is 1. The molecule has 3 rings (SSSR count). The van der Waals surface area contributed by atoms with Crippen LogP contribution in [0, 0.1) is 0 Å². The van der Waals surface area contributed by atoms with E-state index < -0.39 is 12.0 Å². The van der Waals surface area contributed by atoms with Crippen LogP contribution in [0.2, 0.25) is 0 Å². The number of nitrogens with zero attached hydrogens (tertiary/aromatic N) is 2. The van der Waals surface area contributed by atoms with E-state index in [0.29, 0.717) is 18.6 Å². The molecule has 6 nitrogen and oxygen atoms in total. The summed E-state index contributed by atoms with van der Waals surface area (Å²) in [7, 11) is 0. The summed E-state index contributed by atoms with van der Waals surface area (Å²) in [5.74, 6) is -0.716. The smallest absolute Gasteiger partial charge is 0.322 e. The molecule has 0 aromatic rings. The minimum Gasteiger partial charge on any atom is -0.480 e. The zero-order valence-corrected chi connectivity index (χ0v) is 12.0. The van der Waals surface area contributed by atoms with Crippen molar-refractivity contribution in [2.75, 3.05) is 45.9 Å². The van der Waals surface area contributed by atoms with Gasteiger partial charge >= 0.3 is 5.97 Å². The predicted octanol–water partition coefficient (Wildman–Crippen LogP) is -0.402. The van der Waals surface area contributed by atoms with Crippen LogP contribution in [0.15, 0.2) is 0 Å². The second-order valence-electron chi connectivity index (χ2n) is 6.18. The number of nitrogens with one attached hydrogen (secondary N) is 1. The lowest BCUT2D eigenvalue weighted by molar-refractivity contribution is -0.140. The Balaban J connectivity index is 1.46. The topological polar surface area (TPSA) is 65.0 Å². The highest BCUT2D eigenvalue weighted by Crippen LogP contribution is 2.21. The minimum atomic E-state index is -0.716. The molecule has 1 saturated carbocycles. The molecule has 2 saturated heterocycles. The number of morpholine rings is 1. The van der Waals surface area contributed by atoms with Gasteiger partial charge in [0, 0.05) is 38.3 Å². The van der Waals surface area contributed by atoms with E-state index in [9.17, 15) is 9.90 Å². The van der Waals surface area contributed by atoms with Crippen molar-refractivity contribution in [2.24, 2.45) is 0 Å². The number of carboxylic acids is 1. The number of carbonyl (C=O) groups is 1. The molecule has 0 radical (unpaired) electrons. The number of hydrogen-bond donors (Lipinski definition) is 2. The Kier molecular flexibility index (Phi) is 4.55. The number of rotatable bonds is 6. The second-order valence-corrected chi connectivity index (χ2v) is 6.18. The van der Waals surface area contributed by atoms with Crippen molar-refractivity contribution in [1.29, 1.82) is 0 Å². The van der Waals surface area contributed by atoms with Crippen LogP contribution in [0.3, 0.4) is 0 Å². The first-order valence-electron chi connectivity index (χ1n) is 7.75. The molecular formula is C14H25N3O3. The van der Waals surface area contributed by atoms with Crippen molar-refractivity contribution in [3.05, 3.63) is 0 Å². The van der Waals surface area contributed by atoms with E-state index >= 15 is 0 Å². The summed E-state index contributed by atoms with van der Waals surface area (Å²) in [6, 6.07) is 0.606. The zero-order valence-electron chi connectivity index (χ0n) is 12.0. The Labute approximate surface area is 120 Å². The highest BCUT2D eigenvalue weighted by atomic mass is 16.5. The van der Waals surface area contributed by atoms with Gasteiger partial charge in [0.25, 0.3) is 0 Å². The molecule has 2 heterocycles. The van der Waals surface area contributed by atoms with Gasteiger partial charge in [0.05, 0.1) is 13.2 Å². The highest BCUT2D eigenvalue weighted by Gasteiger charge is 2.33. The summed E-state index contributed by atoms with van der Waals surface area (Å²) < 4.78 is 5.39. The molecule has 1 aliphatic carbocycles. The van der Waals surface area contributed by atoms with Crippen molar-refractivity contribution in [1.82, 2.24) is 15.1 Å². The Hall–Kier alpha value is -0.690. The summed E-state index contributed by atoms with van der Waals surface area (Å²) in [5.41, 5.74) is 0. The molecule has 114 valence electrons. The van der Waals surface area contributed by atoms with Gasteiger partial charge in [-0.05, 0) is 25.8 Å². The van der Waals surface area contributed by atoms with E-state index in [1.54, 1.807) is 0 Å². The molecule has 0 aromatic heterocycles. The lowest BCUT2D eigenvalue weighted by Crippen LogP contribution is -2.48. The fraction of sp³-hybridized carbons (Fsp3) is 0.929. The molecule has 0 bridgehead atoms. The Morgan fingerprint density at radius 1 is 1.25 bits per heavy atom. The van der Waals surface area contributed by atoms with Gasteiger partial charge in [-0.2, -0.15) is 0 Å². The van der Waals surface area contributed by atoms with Crippen molar-refractivity contribution >= 4 is 5.97 Å². The Bertz CT molecular complexity index is 343. The van der Waals surface area contributed by atoms with Crippen molar-refractivity contribution in [3.63, 3.8) is 0 Å². The van der Waals surface area contributed by atoms with Crippen LogP contribution in [0.25, 0.3) is 0 Å². The van der Waals surface area contributed by atoms with Crippen LogP contribution in [-0.2, 0) is 9.53 Å². The molecule has 2 N–H and O–H groups in total. The molecule has 2 atom stereocenters. The van der Waals surface area contributed by atoms with E-state index in [-0.39, 0.29) is 0 Å². The first-order valence-corrected chi connectivity index (χ1v) is 7.75. The number of aliphatic carboxylic acids is 1. The highest BCUT2D eigenvalue weighted by molar-refractivity contribution is 5.73. The van der Waals surface area contributed by atoms with E-state index in [4.69, 9.17) is 4.74 Å². The molecule has 3 fully saturated rings. The average Bonchev–Trinajstić information content (AvgIpc) is 3.15. The summed E-state index contributed by atoms with van der Waals surface area (Å²) in [6.07, 6.45) is 3.40. The van der Waals surface area contributed by atoms with Gasteiger partial charge in [-0.3, -0.25) is 14.6 Å². The fourth-order valence-corrected chi connectivity index (χ4v) is 3.21. The van der Waals surface area contributed by atoms with Crippen LogP contribution < -0.4 is 5.32 Å². The standard InChI is InChI=1S/C14H25N3O3/c18-14(19)13(15-11-1-2-11)10-16-4-3-12(9-16)17-5-7-20-8-6-17/h11-13,15H,1-10H2,(H,18,19). The lowest BCUT2D eigenvalue weighted by Gasteiger charge is -2.32. The number of likely N-dealkylation sites (tertiary alicyclic amines) is 1. The Morgan fingerprint density at radius 2 is 2.00 bits per heavy atom. The molecule has 20 heavy (non-hydrogen) atoms. The fourth-order valence-electron chi connectivity index (χ4n) is 3.21. The zero-order chi connectivity index (χ0) is 13.9. The molecular weight excluding hydrogens is 258 g/mol. The number of ether oxygens (including phenoxy) is 1. The maximum Gasteiger partial charge on any atom is 0.322 e. The van der Waals surface area contributed by atoms with Crippen LogP contribution >= 0.6 is 0 Å². The third-order valence-corrected chi connectivity index (χ3v) is 4.56. The van der Waals surface area contributed by atoms with E-state index in [1.165, 1.54) is 0 Å².